The van der Waals surface area contributed by atoms with Crippen molar-refractivity contribution in [3.63, 3.8) is 0 Å². The van der Waals surface area contributed by atoms with Crippen LogP contribution in [0.25, 0.3) is 27.7 Å². The highest BCUT2D eigenvalue weighted by Gasteiger charge is 2.15. The first-order valence-electron chi connectivity index (χ1n) is 9.97. The van der Waals surface area contributed by atoms with Gasteiger partial charge in [0.05, 0.1) is 13.4 Å². The van der Waals surface area contributed by atoms with Gasteiger partial charge in [-0.1, -0.05) is 41.4 Å². The van der Waals surface area contributed by atoms with Crippen molar-refractivity contribution in [2.24, 2.45) is 0 Å². The molecule has 1 N–H and O–H groups in total. The van der Waals surface area contributed by atoms with Gasteiger partial charge in [-0.25, -0.2) is 0 Å². The first kappa shape index (κ1) is 22.0. The summed E-state index contributed by atoms with van der Waals surface area (Å²) in [5, 5.41) is 5.08. The number of halogens is 2. The number of benzene rings is 3. The molecule has 0 bridgehead atoms. The molecule has 162 valence electrons. The maximum atomic E-state index is 12.7. The van der Waals surface area contributed by atoms with Gasteiger partial charge in [0, 0.05) is 44.4 Å². The Bertz CT molecular complexity index is 1340. The van der Waals surface area contributed by atoms with Gasteiger partial charge in [0.15, 0.2) is 0 Å². The molecule has 0 aliphatic heterocycles. The molecule has 3 aromatic carbocycles. The lowest BCUT2D eigenvalue weighted by Gasteiger charge is -2.11. The second kappa shape index (κ2) is 9.11. The van der Waals surface area contributed by atoms with Crippen LogP contribution in [-0.2, 0) is 4.79 Å². The van der Waals surface area contributed by atoms with Crippen LogP contribution in [0, 0.1) is 6.92 Å². The van der Waals surface area contributed by atoms with Crippen LogP contribution in [0.5, 0.6) is 5.75 Å². The summed E-state index contributed by atoms with van der Waals surface area (Å²) < 4.78 is 11.3. The van der Waals surface area contributed by atoms with E-state index in [-0.39, 0.29) is 5.91 Å². The summed E-state index contributed by atoms with van der Waals surface area (Å²) in [5.41, 5.74) is 5.67. The smallest absolute Gasteiger partial charge is 0.248 e. The van der Waals surface area contributed by atoms with E-state index in [1.54, 1.807) is 31.6 Å². The van der Waals surface area contributed by atoms with Crippen LogP contribution in [0.15, 0.2) is 71.4 Å². The van der Waals surface area contributed by atoms with Gasteiger partial charge in [-0.3, -0.25) is 4.79 Å². The van der Waals surface area contributed by atoms with Crippen molar-refractivity contribution in [2.75, 3.05) is 12.4 Å². The van der Waals surface area contributed by atoms with E-state index in [1.807, 2.05) is 56.3 Å². The van der Waals surface area contributed by atoms with Crippen LogP contribution < -0.4 is 10.1 Å². The number of amides is 1. The average molecular weight is 466 g/mol. The van der Waals surface area contributed by atoms with Crippen LogP contribution in [0.2, 0.25) is 10.0 Å². The highest BCUT2D eigenvalue weighted by molar-refractivity contribution is 6.32. The molecule has 0 aliphatic carbocycles. The fourth-order valence-corrected chi connectivity index (χ4v) is 3.87. The van der Waals surface area contributed by atoms with Crippen LogP contribution in [0.3, 0.4) is 0 Å². The Morgan fingerprint density at radius 3 is 2.56 bits per heavy atom. The maximum absolute atomic E-state index is 12.7. The van der Waals surface area contributed by atoms with E-state index in [2.05, 4.69) is 5.32 Å². The third-order valence-electron chi connectivity index (χ3n) is 5.35. The molecule has 4 aromatic rings. The molecule has 1 aromatic heterocycles. The Kier molecular flexibility index (Phi) is 6.26. The molecule has 0 radical (unpaired) electrons. The van der Waals surface area contributed by atoms with Gasteiger partial charge in [0.1, 0.15) is 11.3 Å². The molecule has 1 heterocycles. The molecular formula is C26H21Cl2NO3. The molecular weight excluding hydrogens is 445 g/mol. The predicted molar refractivity (Wildman–Crippen MR) is 132 cm³/mol. The number of allylic oxidation sites excluding steroid dienone is 1. The molecule has 4 rings (SSSR count). The van der Waals surface area contributed by atoms with Gasteiger partial charge in [0.2, 0.25) is 5.91 Å². The Balaban J connectivity index is 1.71. The van der Waals surface area contributed by atoms with Crippen LogP contribution in [-0.4, -0.2) is 13.0 Å². The summed E-state index contributed by atoms with van der Waals surface area (Å²) >= 11 is 12.2. The number of anilines is 1. The number of carbonyl (C=O) groups is 1. The van der Waals surface area contributed by atoms with E-state index in [0.29, 0.717) is 27.1 Å². The molecule has 0 fully saturated rings. The fraction of sp³-hybridized carbons (Fsp3) is 0.115. The topological polar surface area (TPSA) is 51.5 Å². The van der Waals surface area contributed by atoms with E-state index >= 15 is 0 Å². The zero-order valence-corrected chi connectivity index (χ0v) is 19.3. The Morgan fingerprint density at radius 1 is 1.09 bits per heavy atom. The first-order chi connectivity index (χ1) is 15.4. The molecule has 0 unspecified atom stereocenters. The van der Waals surface area contributed by atoms with Gasteiger partial charge < -0.3 is 14.5 Å². The molecule has 6 heteroatoms. The number of rotatable bonds is 5. The van der Waals surface area contributed by atoms with E-state index in [1.165, 1.54) is 0 Å². The minimum absolute atomic E-state index is 0.250. The van der Waals surface area contributed by atoms with Crippen molar-refractivity contribution >= 4 is 51.3 Å². The van der Waals surface area contributed by atoms with Gasteiger partial charge >= 0.3 is 0 Å². The van der Waals surface area contributed by atoms with E-state index in [4.69, 9.17) is 32.4 Å². The number of hydrogen-bond donors (Lipinski definition) is 1. The standard InChI is InChI=1S/C26H21Cl2NO3/c1-15(11-26(30)29-23-6-4-5-22(28)16(23)2)19-12-20-21(17-7-9-18(27)10-8-17)14-32-25(20)13-24(19)31-3/h4-14H,1-3H3,(H,29,30)/b15-11+. The quantitative estimate of drug-likeness (QED) is 0.306. The minimum Gasteiger partial charge on any atom is -0.496 e. The van der Waals surface area contributed by atoms with Gasteiger partial charge in [-0.2, -0.15) is 0 Å². The lowest BCUT2D eigenvalue weighted by molar-refractivity contribution is -0.111. The molecule has 0 saturated heterocycles. The van der Waals surface area contributed by atoms with Crippen molar-refractivity contribution in [1.82, 2.24) is 0 Å². The number of fused-ring (bicyclic) bond motifs is 1. The summed E-state index contributed by atoms with van der Waals surface area (Å²) in [5.74, 6) is 0.370. The average Bonchev–Trinajstić information content (AvgIpc) is 3.19. The van der Waals surface area contributed by atoms with Crippen molar-refractivity contribution in [2.45, 2.75) is 13.8 Å². The SMILES string of the molecule is COc1cc2occ(-c3ccc(Cl)cc3)c2cc1/C(C)=C/C(=O)Nc1cccc(Cl)c1C. The van der Waals surface area contributed by atoms with Crippen LogP contribution in [0.1, 0.15) is 18.1 Å². The second-order valence-electron chi connectivity index (χ2n) is 7.43. The first-order valence-corrected chi connectivity index (χ1v) is 10.7. The summed E-state index contributed by atoms with van der Waals surface area (Å²) in [7, 11) is 1.59. The third kappa shape index (κ3) is 4.38. The number of carbonyl (C=O) groups excluding carboxylic acids is 1. The Morgan fingerprint density at radius 2 is 1.84 bits per heavy atom. The molecule has 0 saturated carbocycles. The number of hydrogen-bond acceptors (Lipinski definition) is 3. The van der Waals surface area contributed by atoms with E-state index < -0.39 is 0 Å². The normalized spacial score (nSPS) is 11.6. The monoisotopic (exact) mass is 465 g/mol. The molecule has 0 atom stereocenters. The van der Waals surface area contributed by atoms with Gasteiger partial charge in [-0.05, 0) is 60.9 Å². The number of ether oxygens (including phenoxy) is 1. The van der Waals surface area contributed by atoms with E-state index in [9.17, 15) is 4.79 Å². The fourth-order valence-electron chi connectivity index (χ4n) is 3.57. The van der Waals surface area contributed by atoms with Crippen LogP contribution >= 0.6 is 23.2 Å². The second-order valence-corrected chi connectivity index (χ2v) is 8.28. The van der Waals surface area contributed by atoms with Gasteiger partial charge in [-0.15, -0.1) is 0 Å². The zero-order valence-electron chi connectivity index (χ0n) is 17.8. The molecule has 0 spiro atoms. The van der Waals surface area contributed by atoms with Crippen molar-refractivity contribution in [1.29, 1.82) is 0 Å². The number of furan rings is 1. The highest BCUT2D eigenvalue weighted by Crippen LogP contribution is 2.37. The molecule has 32 heavy (non-hydrogen) atoms. The number of methoxy groups -OCH3 is 1. The lowest BCUT2D eigenvalue weighted by Crippen LogP contribution is -2.10. The third-order valence-corrected chi connectivity index (χ3v) is 6.01. The summed E-state index contributed by atoms with van der Waals surface area (Å²) in [6.07, 6.45) is 3.26. The highest BCUT2D eigenvalue weighted by atomic mass is 35.5. The minimum atomic E-state index is -0.250. The van der Waals surface area contributed by atoms with Crippen molar-refractivity contribution < 1.29 is 13.9 Å². The Labute approximate surface area is 196 Å². The molecule has 1 amide bonds. The van der Waals surface area contributed by atoms with Crippen molar-refractivity contribution in [3.8, 4) is 16.9 Å². The summed E-state index contributed by atoms with van der Waals surface area (Å²) in [6, 6.07) is 16.8. The molecule has 4 nitrogen and oxygen atoms in total. The Hall–Kier alpha value is -3.21. The van der Waals surface area contributed by atoms with E-state index in [0.717, 1.165) is 33.2 Å². The predicted octanol–water partition coefficient (Wildman–Crippen LogP) is 7.77. The van der Waals surface area contributed by atoms with Gasteiger partial charge in [0.25, 0.3) is 0 Å². The lowest BCUT2D eigenvalue weighted by atomic mass is 9.99. The maximum Gasteiger partial charge on any atom is 0.248 e. The zero-order chi connectivity index (χ0) is 22.8. The largest absolute Gasteiger partial charge is 0.496 e. The van der Waals surface area contributed by atoms with Crippen molar-refractivity contribution in [3.05, 3.63) is 88.1 Å². The number of nitrogens with one attached hydrogen (secondary N) is 1. The van der Waals surface area contributed by atoms with Crippen LogP contribution in [0.4, 0.5) is 5.69 Å². The summed E-state index contributed by atoms with van der Waals surface area (Å²) in [6.45, 7) is 3.73. The molecule has 0 aliphatic rings. The summed E-state index contributed by atoms with van der Waals surface area (Å²) in [4.78, 5) is 12.7.